The summed E-state index contributed by atoms with van der Waals surface area (Å²) in [5.74, 6) is 0. The predicted molar refractivity (Wildman–Crippen MR) is 81.7 cm³/mol. The van der Waals surface area contributed by atoms with Gasteiger partial charge >= 0.3 is 0 Å². The first kappa shape index (κ1) is 16.4. The van der Waals surface area contributed by atoms with Crippen LogP contribution in [0, 0.1) is 27.2 Å². The van der Waals surface area contributed by atoms with Crippen LogP contribution in [0.2, 0.25) is 0 Å². The van der Waals surface area contributed by atoms with E-state index >= 15 is 0 Å². The summed E-state index contributed by atoms with van der Waals surface area (Å²) in [5.41, 5.74) is -0.744. The fourth-order valence-corrected chi connectivity index (χ4v) is 3.16. The zero-order valence-corrected chi connectivity index (χ0v) is 12.6. The summed E-state index contributed by atoms with van der Waals surface area (Å²) in [6.07, 6.45) is 0. The maximum Gasteiger partial charge on any atom is 0.293 e. The Balaban J connectivity index is 2.52. The van der Waals surface area contributed by atoms with Gasteiger partial charge in [-0.1, -0.05) is 18.2 Å². The first-order chi connectivity index (χ1) is 10.7. The molecule has 9 nitrogen and oxygen atoms in total. The fraction of sp³-hybridized carbons (Fsp3) is 0.0769. The molecule has 0 amide bonds. The molecule has 0 heterocycles. The lowest BCUT2D eigenvalue weighted by molar-refractivity contribution is -0.387. The number of anilines is 1. The van der Waals surface area contributed by atoms with Crippen LogP contribution >= 0.6 is 0 Å². The van der Waals surface area contributed by atoms with E-state index < -0.39 is 36.1 Å². The van der Waals surface area contributed by atoms with Crippen LogP contribution in [-0.4, -0.2) is 18.3 Å². The summed E-state index contributed by atoms with van der Waals surface area (Å²) >= 11 is 0. The van der Waals surface area contributed by atoms with Gasteiger partial charge in [0.15, 0.2) is 4.90 Å². The summed E-state index contributed by atoms with van der Waals surface area (Å²) in [4.78, 5) is 19.8. The molecule has 0 atom stereocenters. The van der Waals surface area contributed by atoms with E-state index in [2.05, 4.69) is 0 Å². The van der Waals surface area contributed by atoms with Crippen molar-refractivity contribution in [3.8, 4) is 0 Å². The molecule has 0 spiro atoms. The Morgan fingerprint density at radius 3 is 2.17 bits per heavy atom. The van der Waals surface area contributed by atoms with Gasteiger partial charge in [0.1, 0.15) is 5.69 Å². The summed E-state index contributed by atoms with van der Waals surface area (Å²) in [6, 6.07) is 8.68. The molecule has 1 N–H and O–H groups in total. The number of benzene rings is 2. The van der Waals surface area contributed by atoms with Gasteiger partial charge in [0.25, 0.3) is 21.4 Å². The molecule has 2 aromatic rings. The Morgan fingerprint density at radius 2 is 1.57 bits per heavy atom. The molecular weight excluding hydrogens is 326 g/mol. The number of sulfonamides is 1. The van der Waals surface area contributed by atoms with Crippen molar-refractivity contribution >= 4 is 27.1 Å². The molecule has 2 aromatic carbocycles. The van der Waals surface area contributed by atoms with Crippen LogP contribution in [0.25, 0.3) is 0 Å². The number of hydrogen-bond donors (Lipinski definition) is 1. The van der Waals surface area contributed by atoms with E-state index in [-0.39, 0.29) is 5.69 Å². The Morgan fingerprint density at radius 1 is 0.957 bits per heavy atom. The third-order valence-electron chi connectivity index (χ3n) is 2.95. The highest BCUT2D eigenvalue weighted by Crippen LogP contribution is 2.30. The van der Waals surface area contributed by atoms with Crippen LogP contribution < -0.4 is 4.72 Å². The van der Waals surface area contributed by atoms with E-state index in [4.69, 9.17) is 0 Å². The molecule has 10 heteroatoms. The summed E-state index contributed by atoms with van der Waals surface area (Å²) in [6.45, 7) is 1.62. The van der Waals surface area contributed by atoms with E-state index in [1.807, 2.05) is 4.72 Å². The van der Waals surface area contributed by atoms with Gasteiger partial charge in [0, 0.05) is 12.1 Å². The highest BCUT2D eigenvalue weighted by molar-refractivity contribution is 7.92. The third-order valence-corrected chi connectivity index (χ3v) is 4.36. The maximum absolute atomic E-state index is 12.3. The number of nitro benzene ring substituents is 2. The lowest BCUT2D eigenvalue weighted by Crippen LogP contribution is -2.15. The minimum atomic E-state index is -4.35. The van der Waals surface area contributed by atoms with Crippen LogP contribution in [0.15, 0.2) is 47.4 Å². The number of rotatable bonds is 5. The molecule has 0 aliphatic rings. The molecule has 0 aliphatic heterocycles. The molecule has 120 valence electrons. The van der Waals surface area contributed by atoms with Crippen molar-refractivity contribution in [1.82, 2.24) is 0 Å². The van der Waals surface area contributed by atoms with Crippen molar-refractivity contribution in [2.24, 2.45) is 0 Å². The van der Waals surface area contributed by atoms with Crippen molar-refractivity contribution < 1.29 is 18.3 Å². The van der Waals surface area contributed by atoms with Gasteiger partial charge in [-0.25, -0.2) is 8.42 Å². The van der Waals surface area contributed by atoms with Crippen molar-refractivity contribution in [1.29, 1.82) is 0 Å². The van der Waals surface area contributed by atoms with Gasteiger partial charge in [-0.05, 0) is 24.6 Å². The second-order valence-corrected chi connectivity index (χ2v) is 6.26. The maximum atomic E-state index is 12.3. The van der Waals surface area contributed by atoms with Crippen LogP contribution in [0.4, 0.5) is 17.1 Å². The Labute approximate surface area is 130 Å². The first-order valence-electron chi connectivity index (χ1n) is 6.23. The topological polar surface area (TPSA) is 132 Å². The van der Waals surface area contributed by atoms with Gasteiger partial charge < -0.3 is 0 Å². The average Bonchev–Trinajstić information content (AvgIpc) is 2.48. The normalized spacial score (nSPS) is 11.0. The molecule has 0 unspecified atom stereocenters. The Kier molecular flexibility index (Phi) is 4.27. The van der Waals surface area contributed by atoms with Gasteiger partial charge in [-0.2, -0.15) is 0 Å². The molecule has 23 heavy (non-hydrogen) atoms. The Hall–Kier alpha value is -3.01. The van der Waals surface area contributed by atoms with Gasteiger partial charge in [0.2, 0.25) is 0 Å². The number of nitro groups is 2. The van der Waals surface area contributed by atoms with E-state index in [0.29, 0.717) is 5.56 Å². The monoisotopic (exact) mass is 337 g/mol. The molecule has 0 aromatic heterocycles. The lowest BCUT2D eigenvalue weighted by Gasteiger charge is -2.09. The van der Waals surface area contributed by atoms with Crippen LogP contribution in [0.5, 0.6) is 0 Å². The quantitative estimate of drug-likeness (QED) is 0.658. The Bertz CT molecular complexity index is 894. The van der Waals surface area contributed by atoms with E-state index in [1.165, 1.54) is 30.3 Å². The standard InChI is InChI=1S/C13H11N3O6S/c1-9-6-7-10(12(8-9)16(19)20)14-23(21,22)13-5-3-2-4-11(13)15(17)18/h2-8,14H,1H3. The average molecular weight is 337 g/mol. The molecule has 0 fully saturated rings. The second-order valence-electron chi connectivity index (χ2n) is 4.61. The number of nitrogens with one attached hydrogen (secondary N) is 1. The summed E-state index contributed by atoms with van der Waals surface area (Å²) in [5, 5.41) is 22.0. The first-order valence-corrected chi connectivity index (χ1v) is 7.72. The van der Waals surface area contributed by atoms with Gasteiger partial charge in [-0.15, -0.1) is 0 Å². The SMILES string of the molecule is Cc1ccc(NS(=O)(=O)c2ccccc2[N+](=O)[O-])c([N+](=O)[O-])c1. The number of hydrogen-bond acceptors (Lipinski definition) is 6. The summed E-state index contributed by atoms with van der Waals surface area (Å²) in [7, 11) is -4.35. The third kappa shape index (κ3) is 3.43. The molecule has 0 saturated carbocycles. The highest BCUT2D eigenvalue weighted by Gasteiger charge is 2.27. The van der Waals surface area contributed by atoms with Crippen LogP contribution in [0.1, 0.15) is 5.56 Å². The number of aryl methyl sites for hydroxylation is 1. The zero-order valence-electron chi connectivity index (χ0n) is 11.8. The molecule has 0 radical (unpaired) electrons. The molecule has 0 saturated heterocycles. The van der Waals surface area contributed by atoms with Crippen molar-refractivity contribution in [3.05, 3.63) is 68.3 Å². The van der Waals surface area contributed by atoms with Crippen molar-refractivity contribution in [2.45, 2.75) is 11.8 Å². The fourth-order valence-electron chi connectivity index (χ4n) is 1.91. The lowest BCUT2D eigenvalue weighted by atomic mass is 10.2. The number of para-hydroxylation sites is 1. The second kappa shape index (κ2) is 6.01. The van der Waals surface area contributed by atoms with Gasteiger partial charge in [-0.3, -0.25) is 25.0 Å². The smallest absolute Gasteiger partial charge is 0.273 e. The zero-order chi connectivity index (χ0) is 17.2. The minimum Gasteiger partial charge on any atom is -0.273 e. The van der Waals surface area contributed by atoms with Crippen molar-refractivity contribution in [2.75, 3.05) is 4.72 Å². The molecule has 0 aliphatic carbocycles. The van der Waals surface area contributed by atoms with Crippen LogP contribution in [-0.2, 0) is 10.0 Å². The number of nitrogens with zero attached hydrogens (tertiary/aromatic N) is 2. The van der Waals surface area contributed by atoms with Crippen molar-refractivity contribution in [3.63, 3.8) is 0 Å². The van der Waals surface area contributed by atoms with Gasteiger partial charge in [0.05, 0.1) is 9.85 Å². The highest BCUT2D eigenvalue weighted by atomic mass is 32.2. The van der Waals surface area contributed by atoms with E-state index in [1.54, 1.807) is 6.92 Å². The predicted octanol–water partition coefficient (Wildman–Crippen LogP) is 2.61. The van der Waals surface area contributed by atoms with Crippen LogP contribution in [0.3, 0.4) is 0 Å². The molecule has 0 bridgehead atoms. The minimum absolute atomic E-state index is 0.265. The molecule has 2 rings (SSSR count). The van der Waals surface area contributed by atoms with E-state index in [0.717, 1.165) is 12.1 Å². The largest absolute Gasteiger partial charge is 0.293 e. The van der Waals surface area contributed by atoms with E-state index in [9.17, 15) is 28.6 Å². The summed E-state index contributed by atoms with van der Waals surface area (Å²) < 4.78 is 26.7. The molecular formula is C13H11N3O6S.